The van der Waals surface area contributed by atoms with E-state index in [1.54, 1.807) is 25.3 Å². The first kappa shape index (κ1) is 16.2. The molecule has 0 saturated carbocycles. The van der Waals surface area contributed by atoms with Gasteiger partial charge in [0, 0.05) is 30.1 Å². The molecule has 3 aromatic rings. The summed E-state index contributed by atoms with van der Waals surface area (Å²) in [5, 5.41) is 18.4. The molecular formula is C16H12N4O5. The molecule has 0 aliphatic heterocycles. The molecule has 0 fully saturated rings. The predicted molar refractivity (Wildman–Crippen MR) is 84.5 cm³/mol. The summed E-state index contributed by atoms with van der Waals surface area (Å²) in [4.78, 5) is 26.0. The number of carbonyl (C=O) groups excluding carboxylic acids is 1. The van der Waals surface area contributed by atoms with Gasteiger partial charge in [0.05, 0.1) is 10.5 Å². The van der Waals surface area contributed by atoms with E-state index in [1.165, 1.54) is 30.5 Å². The van der Waals surface area contributed by atoms with Crippen LogP contribution < -0.4 is 0 Å². The van der Waals surface area contributed by atoms with Crippen LogP contribution in [0, 0.1) is 10.1 Å². The molecule has 9 heteroatoms. The number of nitro benzene ring substituents is 1. The Kier molecular flexibility index (Phi) is 4.46. The summed E-state index contributed by atoms with van der Waals surface area (Å²) in [6, 6.07) is 8.89. The highest BCUT2D eigenvalue weighted by Crippen LogP contribution is 2.24. The van der Waals surface area contributed by atoms with Crippen LogP contribution >= 0.6 is 0 Å². The Balaban J connectivity index is 1.72. The maximum absolute atomic E-state index is 12.0. The van der Waals surface area contributed by atoms with Crippen molar-refractivity contribution in [3.8, 4) is 11.5 Å². The minimum Gasteiger partial charge on any atom is -0.449 e. The van der Waals surface area contributed by atoms with Crippen LogP contribution in [0.4, 0.5) is 5.69 Å². The average molecular weight is 340 g/mol. The summed E-state index contributed by atoms with van der Waals surface area (Å²) in [5.74, 6) is -0.268. The van der Waals surface area contributed by atoms with Crippen molar-refractivity contribution in [2.24, 2.45) is 0 Å². The third kappa shape index (κ3) is 3.66. The number of nitro groups is 1. The van der Waals surface area contributed by atoms with Gasteiger partial charge >= 0.3 is 5.97 Å². The first-order valence-electron chi connectivity index (χ1n) is 7.24. The van der Waals surface area contributed by atoms with Crippen molar-refractivity contribution in [3.63, 3.8) is 0 Å². The lowest BCUT2D eigenvalue weighted by Gasteiger charge is -2.08. The lowest BCUT2D eigenvalue weighted by atomic mass is 10.2. The highest BCUT2D eigenvalue weighted by molar-refractivity contribution is 5.89. The third-order valence-corrected chi connectivity index (χ3v) is 3.29. The highest BCUT2D eigenvalue weighted by atomic mass is 16.6. The van der Waals surface area contributed by atoms with Gasteiger partial charge in [-0.25, -0.2) is 4.79 Å². The Bertz CT molecular complexity index is 892. The van der Waals surface area contributed by atoms with E-state index in [0.29, 0.717) is 11.1 Å². The lowest BCUT2D eigenvalue weighted by molar-refractivity contribution is -0.384. The topological polar surface area (TPSA) is 121 Å². The number of hydrogen-bond donors (Lipinski definition) is 0. The largest absolute Gasteiger partial charge is 0.449 e. The fraction of sp³-hybridized carbons (Fsp3) is 0.125. The van der Waals surface area contributed by atoms with E-state index in [0.717, 1.165) is 0 Å². The standard InChI is InChI=1S/C16H12N4O5/c1-10(24-16(21)12-3-2-8-17-9-12)14-18-19-15(25-14)11-4-6-13(7-5-11)20(22)23/h2-10H,1H3/t10-/m1/s1. The number of ether oxygens (including phenoxy) is 1. The smallest absolute Gasteiger partial charge is 0.340 e. The van der Waals surface area contributed by atoms with Gasteiger partial charge in [-0.1, -0.05) is 0 Å². The molecule has 9 nitrogen and oxygen atoms in total. The normalized spacial score (nSPS) is 11.7. The van der Waals surface area contributed by atoms with Crippen molar-refractivity contribution < 1.29 is 18.9 Å². The summed E-state index contributed by atoms with van der Waals surface area (Å²) in [6.45, 7) is 1.60. The number of aromatic nitrogens is 3. The molecule has 2 aromatic heterocycles. The summed E-state index contributed by atoms with van der Waals surface area (Å²) in [5.41, 5.74) is 0.793. The van der Waals surface area contributed by atoms with Crippen LogP contribution in [0.25, 0.3) is 11.5 Å². The second-order valence-corrected chi connectivity index (χ2v) is 5.04. The molecule has 2 heterocycles. The maximum Gasteiger partial charge on any atom is 0.340 e. The van der Waals surface area contributed by atoms with Crippen LogP contribution in [0.2, 0.25) is 0 Å². The van der Waals surface area contributed by atoms with Gasteiger partial charge in [0.2, 0.25) is 5.89 Å². The van der Waals surface area contributed by atoms with Gasteiger partial charge < -0.3 is 9.15 Å². The molecule has 0 N–H and O–H groups in total. The van der Waals surface area contributed by atoms with Crippen LogP contribution in [0.15, 0.2) is 53.2 Å². The zero-order chi connectivity index (χ0) is 17.8. The molecule has 0 aliphatic rings. The molecule has 0 radical (unpaired) electrons. The van der Waals surface area contributed by atoms with Crippen LogP contribution in [0.1, 0.15) is 29.3 Å². The monoisotopic (exact) mass is 340 g/mol. The van der Waals surface area contributed by atoms with E-state index in [-0.39, 0.29) is 17.5 Å². The molecule has 0 aliphatic carbocycles. The van der Waals surface area contributed by atoms with Crippen molar-refractivity contribution >= 4 is 11.7 Å². The molecule has 126 valence electrons. The molecule has 1 atom stereocenters. The van der Waals surface area contributed by atoms with E-state index in [1.807, 2.05) is 0 Å². The zero-order valence-electron chi connectivity index (χ0n) is 13.0. The molecule has 25 heavy (non-hydrogen) atoms. The number of nitrogens with zero attached hydrogens (tertiary/aromatic N) is 4. The van der Waals surface area contributed by atoms with Crippen LogP contribution in [0.3, 0.4) is 0 Å². The minimum atomic E-state index is -0.757. The van der Waals surface area contributed by atoms with Crippen molar-refractivity contribution in [2.45, 2.75) is 13.0 Å². The second-order valence-electron chi connectivity index (χ2n) is 5.04. The Morgan fingerprint density at radius 3 is 2.64 bits per heavy atom. The average Bonchev–Trinajstić information content (AvgIpc) is 3.13. The number of non-ortho nitro benzene ring substituents is 1. The van der Waals surface area contributed by atoms with Gasteiger partial charge in [-0.2, -0.15) is 0 Å². The van der Waals surface area contributed by atoms with E-state index in [4.69, 9.17) is 9.15 Å². The van der Waals surface area contributed by atoms with Crippen LogP contribution in [-0.2, 0) is 4.74 Å². The molecule has 0 unspecified atom stereocenters. The summed E-state index contributed by atoms with van der Waals surface area (Å²) < 4.78 is 10.7. The summed E-state index contributed by atoms with van der Waals surface area (Å²) >= 11 is 0. The van der Waals surface area contributed by atoms with Crippen molar-refractivity contribution in [1.82, 2.24) is 15.2 Å². The second kappa shape index (κ2) is 6.87. The fourth-order valence-corrected chi connectivity index (χ4v) is 2.00. The Hall–Kier alpha value is -3.62. The van der Waals surface area contributed by atoms with Gasteiger partial charge in [-0.3, -0.25) is 15.1 Å². The SMILES string of the molecule is C[C@@H](OC(=O)c1cccnc1)c1nnc(-c2ccc([N+](=O)[O-])cc2)o1. The van der Waals surface area contributed by atoms with E-state index >= 15 is 0 Å². The third-order valence-electron chi connectivity index (χ3n) is 3.29. The maximum atomic E-state index is 12.0. The number of rotatable bonds is 5. The van der Waals surface area contributed by atoms with Crippen molar-refractivity contribution in [2.75, 3.05) is 0 Å². The molecule has 3 rings (SSSR count). The predicted octanol–water partition coefficient (Wildman–Crippen LogP) is 2.96. The van der Waals surface area contributed by atoms with Crippen LogP contribution in [-0.4, -0.2) is 26.1 Å². The summed E-state index contributed by atoms with van der Waals surface area (Å²) in [6.07, 6.45) is 2.19. The molecule has 1 aromatic carbocycles. The molecule has 0 saturated heterocycles. The van der Waals surface area contributed by atoms with E-state index < -0.39 is 17.0 Å². The lowest BCUT2D eigenvalue weighted by Crippen LogP contribution is -2.09. The van der Waals surface area contributed by atoms with Gasteiger partial charge in [0.15, 0.2) is 6.10 Å². The molecule has 0 spiro atoms. The van der Waals surface area contributed by atoms with Gasteiger partial charge in [-0.15, -0.1) is 10.2 Å². The van der Waals surface area contributed by atoms with Crippen molar-refractivity contribution in [1.29, 1.82) is 0 Å². The minimum absolute atomic E-state index is 0.0396. The summed E-state index contributed by atoms with van der Waals surface area (Å²) in [7, 11) is 0. The number of hydrogen-bond acceptors (Lipinski definition) is 8. The Labute approximate surface area is 141 Å². The number of carbonyl (C=O) groups is 1. The fourth-order valence-electron chi connectivity index (χ4n) is 2.00. The van der Waals surface area contributed by atoms with Gasteiger partial charge in [-0.05, 0) is 31.2 Å². The first-order chi connectivity index (χ1) is 12.0. The zero-order valence-corrected chi connectivity index (χ0v) is 13.0. The van der Waals surface area contributed by atoms with Gasteiger partial charge in [0.1, 0.15) is 0 Å². The number of esters is 1. The molecule has 0 amide bonds. The van der Waals surface area contributed by atoms with E-state index in [2.05, 4.69) is 15.2 Å². The number of pyridine rings is 1. The van der Waals surface area contributed by atoms with Crippen molar-refractivity contribution in [3.05, 3.63) is 70.4 Å². The Morgan fingerprint density at radius 2 is 2.00 bits per heavy atom. The van der Waals surface area contributed by atoms with E-state index in [9.17, 15) is 14.9 Å². The molecular weight excluding hydrogens is 328 g/mol. The molecule has 0 bridgehead atoms. The van der Waals surface area contributed by atoms with Gasteiger partial charge in [0.25, 0.3) is 11.6 Å². The quantitative estimate of drug-likeness (QED) is 0.395. The Morgan fingerprint density at radius 1 is 1.24 bits per heavy atom. The number of benzene rings is 1. The highest BCUT2D eigenvalue weighted by Gasteiger charge is 2.20. The first-order valence-corrected chi connectivity index (χ1v) is 7.24. The van der Waals surface area contributed by atoms with Crippen LogP contribution in [0.5, 0.6) is 0 Å².